The van der Waals surface area contributed by atoms with Gasteiger partial charge in [-0.1, -0.05) is 50.5 Å². The van der Waals surface area contributed by atoms with E-state index in [9.17, 15) is 20.1 Å². The lowest BCUT2D eigenvalue weighted by atomic mass is 9.89. The quantitative estimate of drug-likeness (QED) is 0.280. The van der Waals surface area contributed by atoms with E-state index in [1.54, 1.807) is 6.08 Å². The van der Waals surface area contributed by atoms with Crippen molar-refractivity contribution in [1.82, 2.24) is 0 Å². The van der Waals surface area contributed by atoms with E-state index in [1.807, 2.05) is 18.2 Å². The molecule has 1 fully saturated rings. The first-order valence-corrected chi connectivity index (χ1v) is 9.93. The lowest BCUT2D eigenvalue weighted by Gasteiger charge is -2.19. The van der Waals surface area contributed by atoms with Crippen LogP contribution in [0.15, 0.2) is 24.3 Å². The Morgan fingerprint density at radius 3 is 2.65 bits per heavy atom. The number of allylic oxidation sites excluding steroid dienone is 2. The number of aliphatic hydroxyl groups excluding tert-OH is 3. The highest BCUT2D eigenvalue weighted by molar-refractivity contribution is 5.69. The molecule has 3 N–H and O–H groups in total. The summed E-state index contributed by atoms with van der Waals surface area (Å²) in [5.74, 6) is -0.373. The van der Waals surface area contributed by atoms with E-state index in [-0.39, 0.29) is 17.8 Å². The molecule has 1 saturated carbocycles. The predicted molar refractivity (Wildman–Crippen MR) is 103 cm³/mol. The van der Waals surface area contributed by atoms with Crippen LogP contribution in [-0.4, -0.2) is 46.7 Å². The van der Waals surface area contributed by atoms with Crippen LogP contribution in [0.4, 0.5) is 0 Å². The fourth-order valence-corrected chi connectivity index (χ4v) is 3.50. The van der Waals surface area contributed by atoms with Crippen LogP contribution >= 0.6 is 0 Å². The average Bonchev–Trinajstić information content (AvgIpc) is 2.89. The number of esters is 1. The van der Waals surface area contributed by atoms with Gasteiger partial charge in [0.25, 0.3) is 0 Å². The van der Waals surface area contributed by atoms with E-state index in [4.69, 9.17) is 0 Å². The molecule has 1 rings (SSSR count). The van der Waals surface area contributed by atoms with E-state index in [0.29, 0.717) is 19.3 Å². The standard InChI is InChI=1S/C21H36O5/c1-3-4-7-10-16(22)13-14-18-17(19(23)15-20(18)24)11-8-5-6-9-12-21(25)26-2/h5,8,13-14,16-20,22-24H,3-4,6-7,9-12,15H2,1-2H3/b8-5-,14-13+/t16-,17+,18-,19+,20-/m1/s1. The molecule has 0 spiro atoms. The Morgan fingerprint density at radius 2 is 1.96 bits per heavy atom. The van der Waals surface area contributed by atoms with Crippen LogP contribution in [0.5, 0.6) is 0 Å². The van der Waals surface area contributed by atoms with Gasteiger partial charge in [0.15, 0.2) is 0 Å². The van der Waals surface area contributed by atoms with Crippen molar-refractivity contribution in [2.45, 2.75) is 83.0 Å². The molecule has 0 saturated heterocycles. The number of unbranched alkanes of at least 4 members (excludes halogenated alkanes) is 3. The summed E-state index contributed by atoms with van der Waals surface area (Å²) in [6.07, 6.45) is 13.1. The highest BCUT2D eigenvalue weighted by Gasteiger charge is 2.39. The summed E-state index contributed by atoms with van der Waals surface area (Å²) >= 11 is 0. The summed E-state index contributed by atoms with van der Waals surface area (Å²) in [6, 6.07) is 0. The van der Waals surface area contributed by atoms with Gasteiger partial charge in [-0.3, -0.25) is 4.79 Å². The predicted octanol–water partition coefficient (Wildman–Crippen LogP) is 3.13. The number of carbonyl (C=O) groups excluding carboxylic acids is 1. The zero-order valence-corrected chi connectivity index (χ0v) is 16.2. The maximum absolute atomic E-state index is 11.1. The first kappa shape index (κ1) is 22.9. The van der Waals surface area contributed by atoms with Gasteiger partial charge < -0.3 is 20.1 Å². The minimum absolute atomic E-state index is 0.0408. The van der Waals surface area contributed by atoms with Crippen molar-refractivity contribution in [1.29, 1.82) is 0 Å². The van der Waals surface area contributed by atoms with E-state index < -0.39 is 18.3 Å². The molecule has 0 aromatic rings. The van der Waals surface area contributed by atoms with Crippen LogP contribution in [0, 0.1) is 11.8 Å². The molecule has 0 radical (unpaired) electrons. The van der Waals surface area contributed by atoms with Crippen LogP contribution < -0.4 is 0 Å². The van der Waals surface area contributed by atoms with Crippen LogP contribution in [-0.2, 0) is 9.53 Å². The molecule has 1 aliphatic carbocycles. The van der Waals surface area contributed by atoms with Gasteiger partial charge in [-0.15, -0.1) is 0 Å². The zero-order chi connectivity index (χ0) is 19.4. The van der Waals surface area contributed by atoms with Gasteiger partial charge in [-0.05, 0) is 31.6 Å². The van der Waals surface area contributed by atoms with Crippen molar-refractivity contribution < 1.29 is 24.9 Å². The molecule has 0 heterocycles. The lowest BCUT2D eigenvalue weighted by molar-refractivity contribution is -0.140. The number of hydrogen-bond donors (Lipinski definition) is 3. The van der Waals surface area contributed by atoms with E-state index in [1.165, 1.54) is 7.11 Å². The van der Waals surface area contributed by atoms with Crippen LogP contribution in [0.25, 0.3) is 0 Å². The van der Waals surface area contributed by atoms with E-state index >= 15 is 0 Å². The van der Waals surface area contributed by atoms with E-state index in [2.05, 4.69) is 11.7 Å². The molecule has 0 aromatic carbocycles. The first-order valence-electron chi connectivity index (χ1n) is 9.93. The Bertz CT molecular complexity index is 446. The third-order valence-corrected chi connectivity index (χ3v) is 5.13. The van der Waals surface area contributed by atoms with Gasteiger partial charge in [0.05, 0.1) is 25.4 Å². The summed E-state index contributed by atoms with van der Waals surface area (Å²) < 4.78 is 4.60. The van der Waals surface area contributed by atoms with Crippen molar-refractivity contribution in [2.75, 3.05) is 7.11 Å². The van der Waals surface area contributed by atoms with Gasteiger partial charge in [0.2, 0.25) is 0 Å². The van der Waals surface area contributed by atoms with Crippen LogP contribution in [0.1, 0.15) is 64.7 Å². The van der Waals surface area contributed by atoms with Crippen molar-refractivity contribution >= 4 is 5.97 Å². The molecule has 0 aliphatic heterocycles. The Labute approximate surface area is 157 Å². The second-order valence-electron chi connectivity index (χ2n) is 7.24. The maximum atomic E-state index is 11.1. The highest BCUT2D eigenvalue weighted by Crippen LogP contribution is 2.36. The minimum atomic E-state index is -0.568. The highest BCUT2D eigenvalue weighted by atomic mass is 16.5. The summed E-state index contributed by atoms with van der Waals surface area (Å²) in [4.78, 5) is 11.1. The van der Waals surface area contributed by atoms with Gasteiger partial charge in [-0.2, -0.15) is 0 Å². The maximum Gasteiger partial charge on any atom is 0.305 e. The SMILES string of the molecule is CCCCC[C@@H](O)/C=C/[C@@H]1[C@H](C/C=C\CCCC(=O)OC)[C@@H](O)C[C@H]1O. The summed E-state index contributed by atoms with van der Waals surface area (Å²) in [6.45, 7) is 2.13. The second kappa shape index (κ2) is 13.1. The van der Waals surface area contributed by atoms with Crippen LogP contribution in [0.3, 0.4) is 0 Å². The molecule has 1 aliphatic rings. The summed E-state index contributed by atoms with van der Waals surface area (Å²) in [5.41, 5.74) is 0. The van der Waals surface area contributed by atoms with Crippen molar-refractivity contribution in [3.63, 3.8) is 0 Å². The van der Waals surface area contributed by atoms with Crippen molar-refractivity contribution in [3.05, 3.63) is 24.3 Å². The first-order chi connectivity index (χ1) is 12.5. The van der Waals surface area contributed by atoms with Crippen LogP contribution in [0.2, 0.25) is 0 Å². The molecule has 5 heteroatoms. The monoisotopic (exact) mass is 368 g/mol. The summed E-state index contributed by atoms with van der Waals surface area (Å²) in [7, 11) is 1.39. The molecule has 150 valence electrons. The fraction of sp³-hybridized carbons (Fsp3) is 0.762. The Balaban J connectivity index is 2.44. The van der Waals surface area contributed by atoms with Crippen molar-refractivity contribution in [3.8, 4) is 0 Å². The minimum Gasteiger partial charge on any atom is -0.469 e. The Hall–Kier alpha value is -1.17. The van der Waals surface area contributed by atoms with Gasteiger partial charge in [0, 0.05) is 18.8 Å². The van der Waals surface area contributed by atoms with Gasteiger partial charge in [0.1, 0.15) is 0 Å². The number of rotatable bonds is 12. The zero-order valence-electron chi connectivity index (χ0n) is 16.2. The summed E-state index contributed by atoms with van der Waals surface area (Å²) in [5, 5.41) is 30.5. The molecule has 0 aromatic heterocycles. The largest absolute Gasteiger partial charge is 0.469 e. The van der Waals surface area contributed by atoms with E-state index in [0.717, 1.165) is 38.5 Å². The molecule has 5 nitrogen and oxygen atoms in total. The lowest BCUT2D eigenvalue weighted by Crippen LogP contribution is -2.20. The molecule has 5 atom stereocenters. The number of hydrogen-bond acceptors (Lipinski definition) is 5. The number of aliphatic hydroxyl groups is 3. The Kier molecular flexibility index (Phi) is 11.5. The number of carbonyl (C=O) groups is 1. The third kappa shape index (κ3) is 8.47. The van der Waals surface area contributed by atoms with Gasteiger partial charge >= 0.3 is 5.97 Å². The molecule has 0 amide bonds. The fourth-order valence-electron chi connectivity index (χ4n) is 3.50. The molecule has 26 heavy (non-hydrogen) atoms. The molecular formula is C21H36O5. The smallest absolute Gasteiger partial charge is 0.305 e. The number of methoxy groups -OCH3 is 1. The molecule has 0 unspecified atom stereocenters. The Morgan fingerprint density at radius 1 is 1.19 bits per heavy atom. The normalized spacial score (nSPS) is 27.4. The average molecular weight is 369 g/mol. The molecule has 0 bridgehead atoms. The third-order valence-electron chi connectivity index (χ3n) is 5.13. The second-order valence-corrected chi connectivity index (χ2v) is 7.24. The number of ether oxygens (including phenoxy) is 1. The van der Waals surface area contributed by atoms with Crippen molar-refractivity contribution in [2.24, 2.45) is 11.8 Å². The topological polar surface area (TPSA) is 87.0 Å². The molecular weight excluding hydrogens is 332 g/mol. The van der Waals surface area contributed by atoms with Gasteiger partial charge in [-0.25, -0.2) is 0 Å².